The maximum absolute atomic E-state index is 15.0. The molecule has 1 amide bonds. The number of carboxylic acid groups (broad SMARTS) is 1. The molecule has 0 aromatic heterocycles. The van der Waals surface area contributed by atoms with Crippen LogP contribution in [0.25, 0.3) is 0 Å². The van der Waals surface area contributed by atoms with Gasteiger partial charge in [0.05, 0.1) is 19.1 Å². The number of benzene rings is 3. The third kappa shape index (κ3) is 5.04. The average Bonchev–Trinajstić information content (AvgIpc) is 3.71. The van der Waals surface area contributed by atoms with Gasteiger partial charge in [0.15, 0.2) is 11.6 Å². The van der Waals surface area contributed by atoms with Crippen LogP contribution in [0.15, 0.2) is 42.5 Å². The summed E-state index contributed by atoms with van der Waals surface area (Å²) in [6, 6.07) is 10.7. The van der Waals surface area contributed by atoms with Gasteiger partial charge in [-0.25, -0.2) is 8.78 Å². The number of fused-ring (bicyclic) bond motifs is 2. The molecule has 1 saturated heterocycles. The second-order valence-electron chi connectivity index (χ2n) is 10.9. The molecule has 3 atom stereocenters. The van der Waals surface area contributed by atoms with Gasteiger partial charge in [-0.05, 0) is 71.0 Å². The van der Waals surface area contributed by atoms with Crippen molar-refractivity contribution in [2.75, 3.05) is 31.8 Å². The normalized spacial score (nSPS) is 20.8. The smallest absolute Gasteiger partial charge is 0.309 e. The fourth-order valence-corrected chi connectivity index (χ4v) is 6.53. The summed E-state index contributed by atoms with van der Waals surface area (Å²) in [4.78, 5) is 28.3. The number of anilines is 1. The largest absolute Gasteiger partial charge is 0.493 e. The second-order valence-corrected chi connectivity index (χ2v) is 10.9. The van der Waals surface area contributed by atoms with Crippen LogP contribution in [0.2, 0.25) is 0 Å². The van der Waals surface area contributed by atoms with Crippen molar-refractivity contribution in [3.63, 3.8) is 0 Å². The number of likely N-dealkylation sites (tertiary alicyclic amines) is 1. The molecule has 0 spiro atoms. The Morgan fingerprint density at radius 3 is 2.45 bits per heavy atom. The van der Waals surface area contributed by atoms with Crippen LogP contribution in [0.4, 0.5) is 14.5 Å². The van der Waals surface area contributed by atoms with Crippen LogP contribution in [-0.2, 0) is 28.9 Å². The molecule has 0 radical (unpaired) electrons. The van der Waals surface area contributed by atoms with Crippen molar-refractivity contribution in [3.8, 4) is 17.2 Å². The summed E-state index contributed by atoms with van der Waals surface area (Å²) >= 11 is 0. The van der Waals surface area contributed by atoms with Crippen LogP contribution < -0.4 is 19.5 Å². The van der Waals surface area contributed by atoms with Gasteiger partial charge >= 0.3 is 5.97 Å². The van der Waals surface area contributed by atoms with E-state index in [9.17, 15) is 23.5 Å². The van der Waals surface area contributed by atoms with E-state index in [-0.39, 0.29) is 43.1 Å². The van der Waals surface area contributed by atoms with Gasteiger partial charge in [-0.1, -0.05) is 26.0 Å². The Morgan fingerprint density at radius 2 is 1.74 bits per heavy atom. The molecule has 220 valence electrons. The van der Waals surface area contributed by atoms with Gasteiger partial charge in [0.1, 0.15) is 11.6 Å². The van der Waals surface area contributed by atoms with Gasteiger partial charge < -0.3 is 24.6 Å². The highest BCUT2D eigenvalue weighted by Gasteiger charge is 2.48. The molecule has 10 heteroatoms. The number of nitrogens with zero attached hydrogens (tertiary/aromatic N) is 1. The third-order valence-electron chi connectivity index (χ3n) is 8.46. The van der Waals surface area contributed by atoms with Gasteiger partial charge in [0, 0.05) is 30.6 Å². The summed E-state index contributed by atoms with van der Waals surface area (Å²) in [6.45, 7) is 4.29. The lowest BCUT2D eigenvalue weighted by Gasteiger charge is -2.27. The standard InChI is InChI=1S/C32H32F2N2O6/c1-3-17-10-22(33)11-18(4-2)29(17)35-27(37)15-36-14-23(21-12-24(34)31-26(13-21)41-16-42-31)28(32(38)39)30(36)20-5-6-25-19(9-20)7-8-40-25/h5-6,9-13,23,28,30H,3-4,7-8,14-16H2,1-2H3,(H,35,37)(H,38,39)/t23-,28-,30+/m1/s1. The number of carbonyl (C=O) groups is 2. The topological polar surface area (TPSA) is 97.3 Å². The summed E-state index contributed by atoms with van der Waals surface area (Å²) < 4.78 is 45.4. The molecular formula is C32H32F2N2O6. The van der Waals surface area contributed by atoms with Crippen LogP contribution in [0.3, 0.4) is 0 Å². The molecule has 0 aliphatic carbocycles. The Bertz CT molecular complexity index is 1540. The highest BCUT2D eigenvalue weighted by Crippen LogP contribution is 2.49. The zero-order valence-corrected chi connectivity index (χ0v) is 23.4. The quantitative estimate of drug-likeness (QED) is 0.378. The Balaban J connectivity index is 1.37. The molecule has 1 fully saturated rings. The average molecular weight is 579 g/mol. The predicted molar refractivity (Wildman–Crippen MR) is 150 cm³/mol. The second kappa shape index (κ2) is 11.2. The first-order valence-electron chi connectivity index (χ1n) is 14.2. The van der Waals surface area contributed by atoms with Gasteiger partial charge in [-0.3, -0.25) is 14.5 Å². The molecule has 3 aliphatic heterocycles. The van der Waals surface area contributed by atoms with Crippen molar-refractivity contribution < 1.29 is 37.7 Å². The van der Waals surface area contributed by atoms with Crippen molar-refractivity contribution in [2.24, 2.45) is 5.92 Å². The van der Waals surface area contributed by atoms with E-state index in [1.54, 1.807) is 6.07 Å². The minimum atomic E-state index is -1.05. The number of carboxylic acids is 1. The van der Waals surface area contributed by atoms with Gasteiger partial charge in [0.25, 0.3) is 0 Å². The van der Waals surface area contributed by atoms with Gasteiger partial charge in [0.2, 0.25) is 18.4 Å². The fraction of sp³-hybridized carbons (Fsp3) is 0.375. The number of aliphatic carboxylic acids is 1. The first-order valence-corrected chi connectivity index (χ1v) is 14.2. The van der Waals surface area contributed by atoms with E-state index in [0.29, 0.717) is 48.2 Å². The number of ether oxygens (including phenoxy) is 3. The lowest BCUT2D eigenvalue weighted by molar-refractivity contribution is -0.143. The van der Waals surface area contributed by atoms with Crippen LogP contribution in [0.1, 0.15) is 53.6 Å². The highest BCUT2D eigenvalue weighted by atomic mass is 19.1. The van der Waals surface area contributed by atoms with Crippen molar-refractivity contribution in [1.29, 1.82) is 0 Å². The number of hydrogen-bond acceptors (Lipinski definition) is 6. The van der Waals surface area contributed by atoms with E-state index >= 15 is 0 Å². The molecular weight excluding hydrogens is 546 g/mol. The lowest BCUT2D eigenvalue weighted by atomic mass is 9.82. The Morgan fingerprint density at radius 1 is 0.976 bits per heavy atom. The van der Waals surface area contributed by atoms with Crippen LogP contribution in [-0.4, -0.2) is 48.4 Å². The summed E-state index contributed by atoms with van der Waals surface area (Å²) in [5, 5.41) is 13.5. The molecule has 8 nitrogen and oxygen atoms in total. The SMILES string of the molecule is CCc1cc(F)cc(CC)c1NC(=O)CN1C[C@H](c2cc(F)c3c(c2)OCO3)[C@@H](C(=O)O)[C@@H]1c1ccc2c(c1)CCO2. The molecule has 0 unspecified atom stereocenters. The summed E-state index contributed by atoms with van der Waals surface area (Å²) in [5.74, 6) is -3.01. The number of hydrogen-bond donors (Lipinski definition) is 2. The van der Waals surface area contributed by atoms with E-state index < -0.39 is 29.7 Å². The monoisotopic (exact) mass is 578 g/mol. The zero-order valence-electron chi connectivity index (χ0n) is 23.4. The summed E-state index contributed by atoms with van der Waals surface area (Å²) in [6.07, 6.45) is 1.76. The van der Waals surface area contributed by atoms with Gasteiger partial charge in [-0.2, -0.15) is 0 Å². The Labute approximate surface area is 242 Å². The van der Waals surface area contributed by atoms with Crippen molar-refractivity contribution in [1.82, 2.24) is 4.90 Å². The number of amides is 1. The number of rotatable bonds is 8. The first kappa shape index (κ1) is 28.0. The third-order valence-corrected chi connectivity index (χ3v) is 8.46. The minimum Gasteiger partial charge on any atom is -0.493 e. The molecule has 2 N–H and O–H groups in total. The Kier molecular flexibility index (Phi) is 7.49. The number of halogens is 2. The number of nitrogens with one attached hydrogen (secondary N) is 1. The number of aryl methyl sites for hydroxylation is 2. The first-order chi connectivity index (χ1) is 20.3. The molecule has 3 heterocycles. The maximum atomic E-state index is 15.0. The van der Waals surface area contributed by atoms with E-state index in [1.807, 2.05) is 36.9 Å². The van der Waals surface area contributed by atoms with Crippen LogP contribution in [0, 0.1) is 17.6 Å². The molecule has 3 aliphatic rings. The number of carbonyl (C=O) groups excluding carboxylic acids is 1. The van der Waals surface area contributed by atoms with E-state index in [0.717, 1.165) is 16.9 Å². The molecule has 3 aromatic rings. The molecule has 0 saturated carbocycles. The van der Waals surface area contributed by atoms with E-state index in [2.05, 4.69) is 5.32 Å². The van der Waals surface area contributed by atoms with Crippen molar-refractivity contribution in [2.45, 2.75) is 45.1 Å². The summed E-state index contributed by atoms with van der Waals surface area (Å²) in [5.41, 5.74) is 4.14. The maximum Gasteiger partial charge on any atom is 0.309 e. The fourth-order valence-electron chi connectivity index (χ4n) is 6.53. The molecule has 6 rings (SSSR count). The minimum absolute atomic E-state index is 0.00721. The van der Waals surface area contributed by atoms with Gasteiger partial charge in [-0.15, -0.1) is 0 Å². The Hall–Kier alpha value is -4.18. The van der Waals surface area contributed by atoms with Crippen molar-refractivity contribution in [3.05, 3.63) is 81.9 Å². The predicted octanol–water partition coefficient (Wildman–Crippen LogP) is 5.23. The summed E-state index contributed by atoms with van der Waals surface area (Å²) in [7, 11) is 0. The highest BCUT2D eigenvalue weighted by molar-refractivity contribution is 5.94. The molecule has 42 heavy (non-hydrogen) atoms. The van der Waals surface area contributed by atoms with Crippen LogP contribution in [0.5, 0.6) is 17.2 Å². The van der Waals surface area contributed by atoms with Crippen LogP contribution >= 0.6 is 0 Å². The van der Waals surface area contributed by atoms with E-state index in [1.165, 1.54) is 18.2 Å². The van der Waals surface area contributed by atoms with Crippen molar-refractivity contribution >= 4 is 17.6 Å². The molecule has 0 bridgehead atoms. The lowest BCUT2D eigenvalue weighted by Crippen LogP contribution is -2.35. The van der Waals surface area contributed by atoms with E-state index in [4.69, 9.17) is 14.2 Å². The zero-order chi connectivity index (χ0) is 29.5. The molecule has 3 aromatic carbocycles.